The number of ether oxygens (including phenoxy) is 1. The first-order valence-electron chi connectivity index (χ1n) is 10.1. The number of nitrogens with one attached hydrogen (secondary N) is 1. The molecule has 1 saturated carbocycles. The van der Waals surface area contributed by atoms with Gasteiger partial charge < -0.3 is 10.1 Å². The van der Waals surface area contributed by atoms with Crippen LogP contribution in [0.4, 0.5) is 0 Å². The minimum Gasteiger partial charge on any atom is -0.449 e. The second-order valence-corrected chi connectivity index (χ2v) is 8.14. The summed E-state index contributed by atoms with van der Waals surface area (Å²) >= 11 is 6.42. The zero-order valence-corrected chi connectivity index (χ0v) is 18.0. The van der Waals surface area contributed by atoms with Crippen molar-refractivity contribution in [2.75, 3.05) is 0 Å². The number of esters is 1. The molecule has 1 atom stereocenters. The van der Waals surface area contributed by atoms with Crippen LogP contribution in [0.15, 0.2) is 24.3 Å². The van der Waals surface area contributed by atoms with Gasteiger partial charge in [-0.3, -0.25) is 4.79 Å². The lowest BCUT2D eigenvalue weighted by molar-refractivity contribution is -0.130. The van der Waals surface area contributed by atoms with Crippen LogP contribution in [0.3, 0.4) is 0 Å². The molecule has 1 aliphatic rings. The Morgan fingerprint density at radius 2 is 1.86 bits per heavy atom. The lowest BCUT2D eigenvalue weighted by Crippen LogP contribution is -2.42. The molecule has 0 saturated heterocycles. The van der Waals surface area contributed by atoms with E-state index in [2.05, 4.69) is 10.4 Å². The van der Waals surface area contributed by atoms with Crippen LogP contribution in [0.1, 0.15) is 66.2 Å². The standard InChI is InChI=1S/C22H28ClN3O3/c1-14-9-11-17(12-10-14)13-26-20(23)19(15(2)25-26)22(28)29-16(3)21(27)24-18-7-5-4-6-8-18/h9-12,16,18H,4-8,13H2,1-3H3,(H,24,27). The van der Waals surface area contributed by atoms with Crippen LogP contribution in [0.25, 0.3) is 0 Å². The lowest BCUT2D eigenvalue weighted by atomic mass is 9.95. The fourth-order valence-electron chi connectivity index (χ4n) is 3.59. The first-order valence-corrected chi connectivity index (χ1v) is 10.5. The largest absolute Gasteiger partial charge is 0.449 e. The predicted molar refractivity (Wildman–Crippen MR) is 112 cm³/mol. The first kappa shape index (κ1) is 21.4. The molecule has 1 amide bonds. The SMILES string of the molecule is Cc1ccc(Cn2nc(C)c(C(=O)OC(C)C(=O)NC3CCCCC3)c2Cl)cc1. The number of hydrogen-bond donors (Lipinski definition) is 1. The third kappa shape index (κ3) is 5.38. The summed E-state index contributed by atoms with van der Waals surface area (Å²) in [6.45, 7) is 5.76. The van der Waals surface area contributed by atoms with Crippen LogP contribution >= 0.6 is 11.6 Å². The maximum absolute atomic E-state index is 12.7. The predicted octanol–water partition coefficient (Wildman–Crippen LogP) is 4.20. The summed E-state index contributed by atoms with van der Waals surface area (Å²) in [7, 11) is 0. The van der Waals surface area contributed by atoms with Crippen molar-refractivity contribution in [3.63, 3.8) is 0 Å². The minimum absolute atomic E-state index is 0.167. The second-order valence-electron chi connectivity index (χ2n) is 7.79. The highest BCUT2D eigenvalue weighted by atomic mass is 35.5. The van der Waals surface area contributed by atoms with E-state index in [-0.39, 0.29) is 22.7 Å². The molecule has 1 N–H and O–H groups in total. The Kier molecular flexibility index (Phi) is 6.96. The van der Waals surface area contributed by atoms with Crippen LogP contribution in [-0.2, 0) is 16.1 Å². The van der Waals surface area contributed by atoms with Crippen LogP contribution in [0.2, 0.25) is 5.15 Å². The highest BCUT2D eigenvalue weighted by Crippen LogP contribution is 2.23. The van der Waals surface area contributed by atoms with E-state index >= 15 is 0 Å². The molecule has 0 bridgehead atoms. The topological polar surface area (TPSA) is 73.2 Å². The summed E-state index contributed by atoms with van der Waals surface area (Å²) in [5.41, 5.74) is 2.88. The van der Waals surface area contributed by atoms with Crippen LogP contribution in [-0.4, -0.2) is 33.8 Å². The lowest BCUT2D eigenvalue weighted by Gasteiger charge is -2.24. The Morgan fingerprint density at radius 1 is 1.21 bits per heavy atom. The van der Waals surface area contributed by atoms with Gasteiger partial charge in [0.05, 0.1) is 12.2 Å². The number of benzene rings is 1. The van der Waals surface area contributed by atoms with Crippen molar-refractivity contribution in [2.45, 2.75) is 71.6 Å². The van der Waals surface area contributed by atoms with Gasteiger partial charge in [0.2, 0.25) is 0 Å². The van der Waals surface area contributed by atoms with Crippen molar-refractivity contribution in [1.82, 2.24) is 15.1 Å². The molecule has 0 radical (unpaired) electrons. The van der Waals surface area contributed by atoms with Crippen LogP contribution in [0, 0.1) is 13.8 Å². The van der Waals surface area contributed by atoms with Crippen molar-refractivity contribution >= 4 is 23.5 Å². The first-order chi connectivity index (χ1) is 13.8. The number of carbonyl (C=O) groups excluding carboxylic acids is 2. The summed E-state index contributed by atoms with van der Waals surface area (Å²) in [5.74, 6) is -0.903. The molecular weight excluding hydrogens is 390 g/mol. The fraction of sp³-hybridized carbons (Fsp3) is 0.500. The van der Waals surface area contributed by atoms with E-state index in [0.29, 0.717) is 12.2 Å². The molecule has 1 fully saturated rings. The van der Waals surface area contributed by atoms with Gasteiger partial charge in [0.25, 0.3) is 5.91 Å². The van der Waals surface area contributed by atoms with Crippen LogP contribution in [0.5, 0.6) is 0 Å². The van der Waals surface area contributed by atoms with E-state index in [9.17, 15) is 9.59 Å². The van der Waals surface area contributed by atoms with Gasteiger partial charge >= 0.3 is 5.97 Å². The van der Waals surface area contributed by atoms with Gasteiger partial charge in [0.15, 0.2) is 6.10 Å². The Hall–Kier alpha value is -2.34. The molecule has 1 unspecified atom stereocenters. The van der Waals surface area contributed by atoms with Crippen molar-refractivity contribution in [3.8, 4) is 0 Å². The molecule has 7 heteroatoms. The van der Waals surface area contributed by atoms with Gasteiger partial charge in [0, 0.05) is 6.04 Å². The van der Waals surface area contributed by atoms with Gasteiger partial charge in [0.1, 0.15) is 10.7 Å². The number of carbonyl (C=O) groups is 2. The number of aryl methyl sites for hydroxylation is 2. The molecule has 1 aliphatic carbocycles. The number of hydrogen-bond acceptors (Lipinski definition) is 4. The third-order valence-electron chi connectivity index (χ3n) is 5.33. The summed E-state index contributed by atoms with van der Waals surface area (Å²) in [6.07, 6.45) is 4.51. The van der Waals surface area contributed by atoms with E-state index in [1.807, 2.05) is 31.2 Å². The maximum atomic E-state index is 12.7. The highest BCUT2D eigenvalue weighted by Gasteiger charge is 2.27. The monoisotopic (exact) mass is 417 g/mol. The van der Waals surface area contributed by atoms with Crippen molar-refractivity contribution < 1.29 is 14.3 Å². The number of rotatable bonds is 6. The van der Waals surface area contributed by atoms with Gasteiger partial charge in [-0.05, 0) is 39.2 Å². The molecule has 1 heterocycles. The van der Waals surface area contributed by atoms with E-state index < -0.39 is 12.1 Å². The molecule has 3 rings (SSSR count). The van der Waals surface area contributed by atoms with Gasteiger partial charge in [-0.2, -0.15) is 5.10 Å². The quantitative estimate of drug-likeness (QED) is 0.715. The van der Waals surface area contributed by atoms with Crippen molar-refractivity contribution in [2.24, 2.45) is 0 Å². The molecule has 29 heavy (non-hydrogen) atoms. The summed E-state index contributed by atoms with van der Waals surface area (Å²) in [5, 5.41) is 7.57. The number of amides is 1. The highest BCUT2D eigenvalue weighted by molar-refractivity contribution is 6.32. The van der Waals surface area contributed by atoms with Gasteiger partial charge in [-0.25, -0.2) is 9.48 Å². The van der Waals surface area contributed by atoms with E-state index in [0.717, 1.165) is 31.2 Å². The second kappa shape index (κ2) is 9.44. The van der Waals surface area contributed by atoms with Crippen LogP contribution < -0.4 is 5.32 Å². The molecule has 156 valence electrons. The summed E-state index contributed by atoms with van der Waals surface area (Å²) < 4.78 is 6.97. The summed E-state index contributed by atoms with van der Waals surface area (Å²) in [6, 6.07) is 8.19. The molecule has 0 spiro atoms. The molecule has 1 aromatic heterocycles. The number of aromatic nitrogens is 2. The average Bonchev–Trinajstić information content (AvgIpc) is 2.97. The Labute approximate surface area is 176 Å². The zero-order valence-electron chi connectivity index (χ0n) is 17.2. The zero-order chi connectivity index (χ0) is 21.0. The van der Waals surface area contributed by atoms with Gasteiger partial charge in [-0.1, -0.05) is 60.7 Å². The fourth-order valence-corrected chi connectivity index (χ4v) is 3.91. The molecule has 2 aromatic rings. The van der Waals surface area contributed by atoms with Gasteiger partial charge in [-0.15, -0.1) is 0 Å². The summed E-state index contributed by atoms with van der Waals surface area (Å²) in [4.78, 5) is 25.0. The number of nitrogens with zero attached hydrogens (tertiary/aromatic N) is 2. The third-order valence-corrected chi connectivity index (χ3v) is 5.71. The minimum atomic E-state index is -0.889. The normalized spacial score (nSPS) is 15.7. The Bertz CT molecular complexity index is 870. The van der Waals surface area contributed by atoms with Crippen molar-refractivity contribution in [3.05, 3.63) is 51.8 Å². The molecular formula is C22H28ClN3O3. The maximum Gasteiger partial charge on any atom is 0.343 e. The van der Waals surface area contributed by atoms with E-state index in [1.54, 1.807) is 18.5 Å². The average molecular weight is 418 g/mol. The number of halogens is 1. The van der Waals surface area contributed by atoms with E-state index in [1.165, 1.54) is 12.0 Å². The molecule has 0 aliphatic heterocycles. The molecule has 6 nitrogen and oxygen atoms in total. The molecule has 1 aromatic carbocycles. The smallest absolute Gasteiger partial charge is 0.343 e. The van der Waals surface area contributed by atoms with E-state index in [4.69, 9.17) is 16.3 Å². The van der Waals surface area contributed by atoms with Crippen molar-refractivity contribution in [1.29, 1.82) is 0 Å². The Balaban J connectivity index is 1.64. The Morgan fingerprint density at radius 3 is 2.52 bits per heavy atom.